The molecule has 0 aromatic carbocycles. The molecule has 124 valence electrons. The molecule has 7 nitrogen and oxygen atoms in total. The maximum atomic E-state index is 12.0. The van der Waals surface area contributed by atoms with Crippen LogP contribution in [0.4, 0.5) is 0 Å². The molecule has 1 aliphatic rings. The van der Waals surface area contributed by atoms with E-state index in [1.54, 1.807) is 6.92 Å². The van der Waals surface area contributed by atoms with Gasteiger partial charge in [0, 0.05) is 12.6 Å². The van der Waals surface area contributed by atoms with Crippen molar-refractivity contribution in [2.45, 2.75) is 32.9 Å². The van der Waals surface area contributed by atoms with Gasteiger partial charge in [0.1, 0.15) is 0 Å². The molecule has 1 aliphatic heterocycles. The van der Waals surface area contributed by atoms with Crippen LogP contribution in [0, 0.1) is 5.92 Å². The highest BCUT2D eigenvalue weighted by Crippen LogP contribution is 2.11. The molecule has 2 atom stereocenters. The zero-order valence-electron chi connectivity index (χ0n) is 12.5. The Morgan fingerprint density at radius 1 is 1.38 bits per heavy atom. The predicted molar refractivity (Wildman–Crippen MR) is 82.9 cm³/mol. The number of amides is 2. The first-order valence-electron chi connectivity index (χ1n) is 6.67. The Balaban J connectivity index is 0.00000400. The lowest BCUT2D eigenvalue weighted by Gasteiger charge is -2.33. The highest BCUT2D eigenvalue weighted by Gasteiger charge is 2.31. The number of rotatable bonds is 4. The predicted octanol–water partition coefficient (Wildman–Crippen LogP) is -0.847. The molecule has 0 spiro atoms. The van der Waals surface area contributed by atoms with Crippen LogP contribution in [0.3, 0.4) is 0 Å². The molecule has 0 radical (unpaired) electrons. The third-order valence-corrected chi connectivity index (χ3v) is 5.22. The van der Waals surface area contributed by atoms with Crippen molar-refractivity contribution < 1.29 is 18.0 Å². The van der Waals surface area contributed by atoms with Crippen LogP contribution in [0.5, 0.6) is 0 Å². The van der Waals surface area contributed by atoms with Crippen molar-refractivity contribution in [1.29, 1.82) is 0 Å². The quantitative estimate of drug-likeness (QED) is 0.692. The zero-order valence-corrected chi connectivity index (χ0v) is 14.2. The smallest absolute Gasteiger partial charge is 0.242 e. The average Bonchev–Trinajstić information content (AvgIpc) is 2.33. The Bertz CT molecular complexity index is 481. The highest BCUT2D eigenvalue weighted by molar-refractivity contribution is 7.91. The van der Waals surface area contributed by atoms with Gasteiger partial charge in [-0.05, 0) is 12.8 Å². The fraction of sp³-hybridized carbons (Fsp3) is 0.833. The Morgan fingerprint density at radius 3 is 2.43 bits per heavy atom. The number of nitrogens with two attached hydrogens (primary N) is 1. The van der Waals surface area contributed by atoms with E-state index in [1.807, 2.05) is 13.8 Å². The van der Waals surface area contributed by atoms with Crippen LogP contribution in [0.15, 0.2) is 0 Å². The molecule has 1 unspecified atom stereocenters. The van der Waals surface area contributed by atoms with Gasteiger partial charge in [-0.3, -0.25) is 9.59 Å². The van der Waals surface area contributed by atoms with Crippen molar-refractivity contribution in [2.75, 3.05) is 24.6 Å². The number of carbonyl (C=O) groups excluding carboxylic acids is 2. The molecule has 0 aromatic rings. The van der Waals surface area contributed by atoms with Gasteiger partial charge in [0.25, 0.3) is 0 Å². The summed E-state index contributed by atoms with van der Waals surface area (Å²) in [4.78, 5) is 25.1. The minimum Gasteiger partial charge on any atom is -0.346 e. The van der Waals surface area contributed by atoms with Crippen LogP contribution in [0.2, 0.25) is 0 Å². The van der Waals surface area contributed by atoms with Crippen molar-refractivity contribution in [3.63, 3.8) is 0 Å². The van der Waals surface area contributed by atoms with Crippen LogP contribution in [-0.4, -0.2) is 61.8 Å². The van der Waals surface area contributed by atoms with Gasteiger partial charge in [-0.2, -0.15) is 0 Å². The second kappa shape index (κ2) is 7.95. The topological polar surface area (TPSA) is 110 Å². The number of nitrogens with one attached hydrogen (secondary N) is 1. The van der Waals surface area contributed by atoms with E-state index in [0.29, 0.717) is 0 Å². The molecular weight excluding hydrogens is 318 g/mol. The molecule has 0 bridgehead atoms. The minimum atomic E-state index is -3.06. The van der Waals surface area contributed by atoms with E-state index in [4.69, 9.17) is 5.73 Å². The Kier molecular flexibility index (Phi) is 7.63. The minimum absolute atomic E-state index is 0. The van der Waals surface area contributed by atoms with Crippen molar-refractivity contribution in [3.8, 4) is 0 Å². The van der Waals surface area contributed by atoms with Gasteiger partial charge in [-0.1, -0.05) is 13.8 Å². The molecule has 0 saturated carbocycles. The molecule has 1 fully saturated rings. The molecular formula is C12H24ClN3O4S. The van der Waals surface area contributed by atoms with Crippen molar-refractivity contribution in [2.24, 2.45) is 11.7 Å². The summed E-state index contributed by atoms with van der Waals surface area (Å²) in [6, 6.07) is -1.01. The summed E-state index contributed by atoms with van der Waals surface area (Å²) in [6.45, 7) is 5.36. The van der Waals surface area contributed by atoms with Crippen LogP contribution >= 0.6 is 12.4 Å². The first kappa shape index (κ1) is 20.1. The van der Waals surface area contributed by atoms with E-state index in [0.717, 1.165) is 0 Å². The van der Waals surface area contributed by atoms with Gasteiger partial charge in [0.2, 0.25) is 11.8 Å². The van der Waals surface area contributed by atoms with Crippen LogP contribution in [-0.2, 0) is 19.4 Å². The van der Waals surface area contributed by atoms with E-state index >= 15 is 0 Å². The second-order valence-electron chi connectivity index (χ2n) is 5.54. The van der Waals surface area contributed by atoms with Crippen LogP contribution < -0.4 is 11.1 Å². The molecule has 0 aliphatic carbocycles. The summed E-state index contributed by atoms with van der Waals surface area (Å²) in [5.74, 6) is -0.715. The number of hydrogen-bond acceptors (Lipinski definition) is 5. The number of hydrogen-bond donors (Lipinski definition) is 2. The number of carbonyl (C=O) groups is 2. The molecule has 2 amide bonds. The van der Waals surface area contributed by atoms with Gasteiger partial charge in [0.15, 0.2) is 9.84 Å². The summed E-state index contributed by atoms with van der Waals surface area (Å²) in [7, 11) is -3.06. The Morgan fingerprint density at radius 2 is 1.95 bits per heavy atom. The maximum Gasteiger partial charge on any atom is 0.242 e. The lowest BCUT2D eigenvalue weighted by Crippen LogP contribution is -2.54. The van der Waals surface area contributed by atoms with Gasteiger partial charge in [-0.25, -0.2) is 8.42 Å². The van der Waals surface area contributed by atoms with Gasteiger partial charge >= 0.3 is 0 Å². The van der Waals surface area contributed by atoms with Crippen molar-refractivity contribution in [1.82, 2.24) is 10.2 Å². The Labute approximate surface area is 131 Å². The van der Waals surface area contributed by atoms with Crippen molar-refractivity contribution >= 4 is 34.1 Å². The van der Waals surface area contributed by atoms with E-state index in [9.17, 15) is 18.0 Å². The summed E-state index contributed by atoms with van der Waals surface area (Å²) in [6.07, 6.45) is 0. The third kappa shape index (κ3) is 5.80. The Hall–Kier alpha value is -0.860. The molecule has 21 heavy (non-hydrogen) atoms. The molecule has 1 heterocycles. The average molecular weight is 342 g/mol. The van der Waals surface area contributed by atoms with Gasteiger partial charge in [0.05, 0.1) is 24.1 Å². The first-order valence-corrected chi connectivity index (χ1v) is 8.49. The fourth-order valence-corrected chi connectivity index (χ4v) is 3.61. The van der Waals surface area contributed by atoms with Gasteiger partial charge < -0.3 is 16.0 Å². The monoisotopic (exact) mass is 341 g/mol. The number of nitrogens with zero attached hydrogens (tertiary/aromatic N) is 1. The number of sulfone groups is 1. The first-order chi connectivity index (χ1) is 9.14. The molecule has 1 saturated heterocycles. The standard InChI is InChI=1S/C12H23N3O4S.ClH/c1-8(2)11(13)12(17)14-6-10(16)15-4-5-20(18,19)7-9(15)3;/h8-9,11H,4-7,13H2,1-3H3,(H,14,17);1H/t9?,11-;/m0./s1. The van der Waals surface area contributed by atoms with Gasteiger partial charge in [-0.15, -0.1) is 12.4 Å². The summed E-state index contributed by atoms with van der Waals surface area (Å²) >= 11 is 0. The molecule has 1 rings (SSSR count). The SMILES string of the molecule is CC(C)[C@H](N)C(=O)NCC(=O)N1CCS(=O)(=O)CC1C.Cl. The summed E-state index contributed by atoms with van der Waals surface area (Å²) in [5, 5.41) is 2.50. The normalized spacial score (nSPS) is 22.3. The lowest BCUT2D eigenvalue weighted by molar-refractivity contribution is -0.134. The summed E-state index contributed by atoms with van der Waals surface area (Å²) < 4.78 is 22.9. The van der Waals surface area contributed by atoms with Crippen LogP contribution in [0.25, 0.3) is 0 Å². The van der Waals surface area contributed by atoms with E-state index in [2.05, 4.69) is 5.32 Å². The van der Waals surface area contributed by atoms with E-state index in [-0.39, 0.29) is 60.8 Å². The van der Waals surface area contributed by atoms with E-state index in [1.165, 1.54) is 4.90 Å². The summed E-state index contributed by atoms with van der Waals surface area (Å²) in [5.41, 5.74) is 5.67. The zero-order chi connectivity index (χ0) is 15.5. The fourth-order valence-electron chi connectivity index (χ4n) is 2.05. The third-order valence-electron chi connectivity index (χ3n) is 3.43. The maximum absolute atomic E-state index is 12.0. The second-order valence-corrected chi connectivity index (χ2v) is 7.77. The number of halogens is 1. The highest BCUT2D eigenvalue weighted by atomic mass is 35.5. The van der Waals surface area contributed by atoms with E-state index < -0.39 is 15.9 Å². The van der Waals surface area contributed by atoms with Crippen molar-refractivity contribution in [3.05, 3.63) is 0 Å². The molecule has 0 aromatic heterocycles. The largest absolute Gasteiger partial charge is 0.346 e. The molecule has 3 N–H and O–H groups in total. The van der Waals surface area contributed by atoms with Crippen LogP contribution in [0.1, 0.15) is 20.8 Å². The molecule has 9 heteroatoms. The lowest BCUT2D eigenvalue weighted by atomic mass is 10.1.